The Bertz CT molecular complexity index is 609. The Morgan fingerprint density at radius 1 is 0.850 bits per heavy atom. The summed E-state index contributed by atoms with van der Waals surface area (Å²) >= 11 is 0. The molecule has 4 rings (SSSR count). The van der Waals surface area contributed by atoms with Crippen LogP contribution in [0.25, 0.3) is 10.8 Å². The number of ether oxygens (including phenoxy) is 2. The number of hydrogen-bond acceptors (Lipinski definition) is 3. The molecule has 2 heterocycles. The minimum Gasteiger partial charge on any atom is -0.371 e. The van der Waals surface area contributed by atoms with E-state index in [4.69, 9.17) is 9.47 Å². The number of fused-ring (bicyclic) bond motifs is 1. The SMILES string of the molecule is c1ccc2cc(N3CCC4(CC3)OCCO4)ccc2c1. The average Bonchev–Trinajstić information content (AvgIpc) is 2.96. The number of piperidine rings is 1. The van der Waals surface area contributed by atoms with E-state index < -0.39 is 0 Å². The standard InChI is InChI=1S/C17H19NO2/c1-2-4-15-13-16(6-5-14(15)3-1)18-9-7-17(8-10-18)19-11-12-20-17/h1-6,13H,7-12H2. The Kier molecular flexibility index (Phi) is 2.90. The van der Waals surface area contributed by atoms with Gasteiger partial charge in [-0.3, -0.25) is 0 Å². The molecule has 0 aromatic heterocycles. The topological polar surface area (TPSA) is 21.7 Å². The minimum absolute atomic E-state index is 0.284. The first kappa shape index (κ1) is 12.2. The third kappa shape index (κ3) is 2.07. The lowest BCUT2D eigenvalue weighted by atomic mass is 10.0. The summed E-state index contributed by atoms with van der Waals surface area (Å²) < 4.78 is 11.6. The van der Waals surface area contributed by atoms with Crippen LogP contribution in [0.15, 0.2) is 42.5 Å². The molecule has 0 saturated carbocycles. The third-order valence-electron chi connectivity index (χ3n) is 4.44. The van der Waals surface area contributed by atoms with E-state index in [1.807, 2.05) is 0 Å². The molecule has 0 bridgehead atoms. The van der Waals surface area contributed by atoms with E-state index >= 15 is 0 Å². The zero-order valence-electron chi connectivity index (χ0n) is 11.5. The van der Waals surface area contributed by atoms with Gasteiger partial charge < -0.3 is 14.4 Å². The molecular formula is C17H19NO2. The van der Waals surface area contributed by atoms with Gasteiger partial charge in [0.2, 0.25) is 0 Å². The summed E-state index contributed by atoms with van der Waals surface area (Å²) in [6.45, 7) is 3.49. The van der Waals surface area contributed by atoms with Gasteiger partial charge in [-0.1, -0.05) is 30.3 Å². The zero-order valence-corrected chi connectivity index (χ0v) is 11.5. The molecule has 0 aliphatic carbocycles. The summed E-state index contributed by atoms with van der Waals surface area (Å²) in [5.74, 6) is -0.284. The predicted octanol–water partition coefficient (Wildman–Crippen LogP) is 3.18. The Morgan fingerprint density at radius 3 is 2.30 bits per heavy atom. The van der Waals surface area contributed by atoms with Crippen molar-refractivity contribution in [3.63, 3.8) is 0 Å². The second-order valence-corrected chi connectivity index (χ2v) is 5.63. The van der Waals surface area contributed by atoms with E-state index in [1.165, 1.54) is 16.5 Å². The highest BCUT2D eigenvalue weighted by Crippen LogP contribution is 2.33. The van der Waals surface area contributed by atoms with E-state index in [9.17, 15) is 0 Å². The molecule has 1 spiro atoms. The van der Waals surface area contributed by atoms with Crippen molar-refractivity contribution < 1.29 is 9.47 Å². The van der Waals surface area contributed by atoms with Crippen molar-refractivity contribution in [3.8, 4) is 0 Å². The highest BCUT2D eigenvalue weighted by molar-refractivity contribution is 5.85. The van der Waals surface area contributed by atoms with Gasteiger partial charge in [-0.05, 0) is 22.9 Å². The van der Waals surface area contributed by atoms with Crippen LogP contribution in [0.1, 0.15) is 12.8 Å². The highest BCUT2D eigenvalue weighted by Gasteiger charge is 2.39. The molecule has 2 aliphatic heterocycles. The van der Waals surface area contributed by atoms with Crippen molar-refractivity contribution in [2.75, 3.05) is 31.2 Å². The van der Waals surface area contributed by atoms with Crippen molar-refractivity contribution in [2.24, 2.45) is 0 Å². The van der Waals surface area contributed by atoms with Gasteiger partial charge >= 0.3 is 0 Å². The number of nitrogens with zero attached hydrogens (tertiary/aromatic N) is 1. The van der Waals surface area contributed by atoms with Gasteiger partial charge in [0.15, 0.2) is 5.79 Å². The number of hydrogen-bond donors (Lipinski definition) is 0. The first-order valence-corrected chi connectivity index (χ1v) is 7.36. The molecule has 2 aliphatic rings. The van der Waals surface area contributed by atoms with E-state index in [2.05, 4.69) is 47.4 Å². The fourth-order valence-corrected chi connectivity index (χ4v) is 3.26. The normalized spacial score (nSPS) is 21.7. The van der Waals surface area contributed by atoms with Crippen LogP contribution in [0.5, 0.6) is 0 Å². The van der Waals surface area contributed by atoms with Crippen molar-refractivity contribution >= 4 is 16.5 Å². The van der Waals surface area contributed by atoms with Crippen LogP contribution >= 0.6 is 0 Å². The Hall–Kier alpha value is -1.58. The maximum atomic E-state index is 5.79. The fraction of sp³-hybridized carbons (Fsp3) is 0.412. The summed E-state index contributed by atoms with van der Waals surface area (Å²) in [4.78, 5) is 2.43. The maximum Gasteiger partial charge on any atom is 0.171 e. The zero-order chi connectivity index (χ0) is 13.4. The van der Waals surface area contributed by atoms with Gasteiger partial charge in [-0.2, -0.15) is 0 Å². The molecule has 2 aromatic rings. The number of benzene rings is 2. The molecule has 3 nitrogen and oxygen atoms in total. The number of anilines is 1. The molecule has 0 atom stereocenters. The Balaban J connectivity index is 1.55. The monoisotopic (exact) mass is 269 g/mol. The second kappa shape index (κ2) is 4.76. The molecule has 0 N–H and O–H groups in total. The Labute approximate surface area is 119 Å². The first-order chi connectivity index (χ1) is 9.85. The van der Waals surface area contributed by atoms with Crippen molar-refractivity contribution in [1.29, 1.82) is 0 Å². The smallest absolute Gasteiger partial charge is 0.171 e. The average molecular weight is 269 g/mol. The minimum atomic E-state index is -0.284. The van der Waals surface area contributed by atoms with E-state index in [1.54, 1.807) is 0 Å². The van der Waals surface area contributed by atoms with Gasteiger partial charge in [0.05, 0.1) is 13.2 Å². The van der Waals surface area contributed by atoms with Crippen LogP contribution in [0.3, 0.4) is 0 Å². The van der Waals surface area contributed by atoms with Gasteiger partial charge in [0.25, 0.3) is 0 Å². The lowest BCUT2D eigenvalue weighted by molar-refractivity contribution is -0.169. The molecule has 3 heteroatoms. The molecule has 104 valence electrons. The molecule has 2 saturated heterocycles. The van der Waals surface area contributed by atoms with Crippen LogP contribution in [0, 0.1) is 0 Å². The highest BCUT2D eigenvalue weighted by atomic mass is 16.7. The van der Waals surface area contributed by atoms with Crippen LogP contribution in [-0.4, -0.2) is 32.1 Å². The maximum absolute atomic E-state index is 5.79. The van der Waals surface area contributed by atoms with Crippen LogP contribution in [0.4, 0.5) is 5.69 Å². The molecule has 0 amide bonds. The van der Waals surface area contributed by atoms with Gasteiger partial charge in [-0.25, -0.2) is 0 Å². The van der Waals surface area contributed by atoms with Gasteiger partial charge in [0.1, 0.15) is 0 Å². The molecular weight excluding hydrogens is 250 g/mol. The summed E-state index contributed by atoms with van der Waals surface area (Å²) in [5, 5.41) is 2.60. The van der Waals surface area contributed by atoms with Crippen molar-refractivity contribution in [2.45, 2.75) is 18.6 Å². The summed E-state index contributed by atoms with van der Waals surface area (Å²) in [5.41, 5.74) is 1.30. The van der Waals surface area contributed by atoms with Crippen molar-refractivity contribution in [1.82, 2.24) is 0 Å². The lowest BCUT2D eigenvalue weighted by Gasteiger charge is -2.38. The lowest BCUT2D eigenvalue weighted by Crippen LogP contribution is -2.45. The molecule has 0 unspecified atom stereocenters. The molecule has 2 aromatic carbocycles. The fourth-order valence-electron chi connectivity index (χ4n) is 3.26. The first-order valence-electron chi connectivity index (χ1n) is 7.36. The number of rotatable bonds is 1. The third-order valence-corrected chi connectivity index (χ3v) is 4.44. The van der Waals surface area contributed by atoms with Gasteiger partial charge in [-0.15, -0.1) is 0 Å². The molecule has 2 fully saturated rings. The van der Waals surface area contributed by atoms with E-state index in [0.29, 0.717) is 0 Å². The Morgan fingerprint density at radius 2 is 1.55 bits per heavy atom. The van der Waals surface area contributed by atoms with Crippen LogP contribution in [0.2, 0.25) is 0 Å². The van der Waals surface area contributed by atoms with E-state index in [0.717, 1.165) is 39.1 Å². The molecule has 0 radical (unpaired) electrons. The quantitative estimate of drug-likeness (QED) is 0.793. The summed E-state index contributed by atoms with van der Waals surface area (Å²) in [6, 6.07) is 15.2. The largest absolute Gasteiger partial charge is 0.371 e. The summed E-state index contributed by atoms with van der Waals surface area (Å²) in [7, 11) is 0. The predicted molar refractivity (Wildman–Crippen MR) is 80.0 cm³/mol. The second-order valence-electron chi connectivity index (χ2n) is 5.63. The van der Waals surface area contributed by atoms with Crippen LogP contribution < -0.4 is 4.90 Å². The van der Waals surface area contributed by atoms with Gasteiger partial charge in [0, 0.05) is 31.6 Å². The molecule has 20 heavy (non-hydrogen) atoms. The van der Waals surface area contributed by atoms with E-state index in [-0.39, 0.29) is 5.79 Å². The van der Waals surface area contributed by atoms with Crippen LogP contribution in [-0.2, 0) is 9.47 Å². The van der Waals surface area contributed by atoms with Crippen molar-refractivity contribution in [3.05, 3.63) is 42.5 Å². The summed E-state index contributed by atoms with van der Waals surface area (Å²) in [6.07, 6.45) is 1.92.